The molecule has 0 radical (unpaired) electrons. The van der Waals surface area contributed by atoms with Gasteiger partial charge in [0.2, 0.25) is 5.89 Å². The van der Waals surface area contributed by atoms with Crippen molar-refractivity contribution in [2.75, 3.05) is 6.54 Å². The fourth-order valence-corrected chi connectivity index (χ4v) is 2.99. The number of rotatable bonds is 6. The van der Waals surface area contributed by atoms with Crippen LogP contribution in [-0.2, 0) is 24.2 Å². The Bertz CT molecular complexity index is 642. The zero-order chi connectivity index (χ0) is 16.1. The predicted octanol–water partition coefficient (Wildman–Crippen LogP) is 2.29. The maximum atomic E-state index is 11.3. The van der Waals surface area contributed by atoms with Crippen LogP contribution >= 0.6 is 0 Å². The molecule has 1 aromatic carbocycles. The van der Waals surface area contributed by atoms with Crippen LogP contribution in [0.2, 0.25) is 0 Å². The highest BCUT2D eigenvalue weighted by Crippen LogP contribution is 2.19. The van der Waals surface area contributed by atoms with Gasteiger partial charge in [-0.2, -0.15) is 4.98 Å². The zero-order valence-electron chi connectivity index (χ0n) is 13.0. The summed E-state index contributed by atoms with van der Waals surface area (Å²) < 4.78 is 5.29. The van der Waals surface area contributed by atoms with Crippen LogP contribution in [0, 0.1) is 0 Å². The van der Waals surface area contributed by atoms with Gasteiger partial charge in [-0.15, -0.1) is 0 Å². The van der Waals surface area contributed by atoms with E-state index in [-0.39, 0.29) is 0 Å². The van der Waals surface area contributed by atoms with Gasteiger partial charge in [-0.1, -0.05) is 41.9 Å². The van der Waals surface area contributed by atoms with E-state index < -0.39 is 12.0 Å². The molecular formula is C17H21N3O3. The molecule has 0 aliphatic carbocycles. The first-order chi connectivity index (χ1) is 11.2. The van der Waals surface area contributed by atoms with E-state index in [2.05, 4.69) is 22.3 Å². The lowest BCUT2D eigenvalue weighted by Gasteiger charge is -2.31. The second kappa shape index (κ2) is 7.37. The molecular weight excluding hydrogens is 294 g/mol. The first kappa shape index (κ1) is 15.7. The van der Waals surface area contributed by atoms with Crippen molar-refractivity contribution < 1.29 is 14.4 Å². The molecule has 6 nitrogen and oxygen atoms in total. The molecule has 1 unspecified atom stereocenters. The zero-order valence-corrected chi connectivity index (χ0v) is 13.0. The van der Waals surface area contributed by atoms with Gasteiger partial charge < -0.3 is 9.63 Å². The molecule has 6 heteroatoms. The molecule has 23 heavy (non-hydrogen) atoms. The largest absolute Gasteiger partial charge is 0.480 e. The van der Waals surface area contributed by atoms with Gasteiger partial charge >= 0.3 is 5.97 Å². The van der Waals surface area contributed by atoms with E-state index in [4.69, 9.17) is 4.52 Å². The first-order valence-electron chi connectivity index (χ1n) is 8.04. The van der Waals surface area contributed by atoms with Crippen molar-refractivity contribution in [1.29, 1.82) is 0 Å². The topological polar surface area (TPSA) is 79.5 Å². The SMILES string of the molecule is O=C(O)C1CCCCN1Cc1nc(CCc2ccccc2)no1. The van der Waals surface area contributed by atoms with Crippen LogP contribution in [0.15, 0.2) is 34.9 Å². The number of hydrogen-bond acceptors (Lipinski definition) is 5. The molecule has 1 fully saturated rings. The number of likely N-dealkylation sites (tertiary alicyclic amines) is 1. The minimum absolute atomic E-state index is 0.412. The van der Waals surface area contributed by atoms with Crippen LogP contribution in [0.3, 0.4) is 0 Å². The van der Waals surface area contributed by atoms with Crippen molar-refractivity contribution in [2.24, 2.45) is 0 Å². The van der Waals surface area contributed by atoms with E-state index in [0.29, 0.717) is 24.7 Å². The second-order valence-electron chi connectivity index (χ2n) is 5.91. The Morgan fingerprint density at radius 3 is 2.87 bits per heavy atom. The molecule has 2 heterocycles. The molecule has 2 aromatic rings. The van der Waals surface area contributed by atoms with Crippen LogP contribution < -0.4 is 0 Å². The van der Waals surface area contributed by atoms with E-state index in [1.165, 1.54) is 5.56 Å². The van der Waals surface area contributed by atoms with Gasteiger partial charge in [0.05, 0.1) is 6.54 Å². The molecule has 1 saturated heterocycles. The molecule has 1 atom stereocenters. The van der Waals surface area contributed by atoms with Gasteiger partial charge in [0.25, 0.3) is 0 Å². The maximum absolute atomic E-state index is 11.3. The number of carboxylic acid groups (broad SMARTS) is 1. The number of aliphatic carboxylic acids is 1. The lowest BCUT2D eigenvalue weighted by atomic mass is 10.0. The van der Waals surface area contributed by atoms with Crippen LogP contribution in [0.5, 0.6) is 0 Å². The minimum Gasteiger partial charge on any atom is -0.480 e. The summed E-state index contributed by atoms with van der Waals surface area (Å²) in [5, 5.41) is 13.3. The summed E-state index contributed by atoms with van der Waals surface area (Å²) in [7, 11) is 0. The second-order valence-corrected chi connectivity index (χ2v) is 5.91. The predicted molar refractivity (Wildman–Crippen MR) is 83.8 cm³/mol. The van der Waals surface area contributed by atoms with Crippen LogP contribution in [-0.4, -0.2) is 38.7 Å². The van der Waals surface area contributed by atoms with E-state index >= 15 is 0 Å². The van der Waals surface area contributed by atoms with Crippen LogP contribution in [0.25, 0.3) is 0 Å². The highest BCUT2D eigenvalue weighted by molar-refractivity contribution is 5.73. The van der Waals surface area contributed by atoms with E-state index in [0.717, 1.165) is 32.2 Å². The average molecular weight is 315 g/mol. The molecule has 3 rings (SSSR count). The van der Waals surface area contributed by atoms with Crippen molar-refractivity contribution in [3.8, 4) is 0 Å². The van der Waals surface area contributed by atoms with Crippen LogP contribution in [0.4, 0.5) is 0 Å². The molecule has 1 N–H and O–H groups in total. The number of carboxylic acids is 1. The number of hydrogen-bond donors (Lipinski definition) is 1. The van der Waals surface area contributed by atoms with Gasteiger partial charge in [-0.05, 0) is 31.4 Å². The molecule has 1 aromatic heterocycles. The van der Waals surface area contributed by atoms with Crippen LogP contribution in [0.1, 0.15) is 36.5 Å². The average Bonchev–Trinajstić information content (AvgIpc) is 3.02. The Labute approximate surface area is 135 Å². The summed E-state index contributed by atoms with van der Waals surface area (Å²) in [5.74, 6) is 0.405. The Morgan fingerprint density at radius 2 is 2.09 bits per heavy atom. The Balaban J connectivity index is 1.57. The fraction of sp³-hybridized carbons (Fsp3) is 0.471. The quantitative estimate of drug-likeness (QED) is 0.881. The Kier molecular flexibility index (Phi) is 5.02. The summed E-state index contributed by atoms with van der Waals surface area (Å²) in [6, 6.07) is 9.73. The van der Waals surface area contributed by atoms with Crippen molar-refractivity contribution in [2.45, 2.75) is 44.7 Å². The normalized spacial score (nSPS) is 18.9. The van der Waals surface area contributed by atoms with Crippen molar-refractivity contribution in [3.63, 3.8) is 0 Å². The molecule has 0 spiro atoms. The van der Waals surface area contributed by atoms with Gasteiger partial charge in [-0.25, -0.2) is 0 Å². The monoisotopic (exact) mass is 315 g/mol. The number of aryl methyl sites for hydroxylation is 2. The highest BCUT2D eigenvalue weighted by atomic mass is 16.5. The minimum atomic E-state index is -0.770. The fourth-order valence-electron chi connectivity index (χ4n) is 2.99. The highest BCUT2D eigenvalue weighted by Gasteiger charge is 2.29. The molecule has 0 bridgehead atoms. The summed E-state index contributed by atoms with van der Waals surface area (Å²) >= 11 is 0. The van der Waals surface area contributed by atoms with Crippen molar-refractivity contribution in [3.05, 3.63) is 47.6 Å². The lowest BCUT2D eigenvalue weighted by molar-refractivity contribution is -0.145. The third-order valence-corrected chi connectivity index (χ3v) is 4.23. The van der Waals surface area contributed by atoms with Gasteiger partial charge in [0.15, 0.2) is 5.82 Å². The summed E-state index contributed by atoms with van der Waals surface area (Å²) in [4.78, 5) is 17.6. The van der Waals surface area contributed by atoms with Gasteiger partial charge in [0, 0.05) is 6.42 Å². The summed E-state index contributed by atoms with van der Waals surface area (Å²) in [5.41, 5.74) is 1.24. The standard InChI is InChI=1S/C17H21N3O3/c21-17(22)14-8-4-5-11-20(14)12-16-18-15(19-23-16)10-9-13-6-2-1-3-7-13/h1-3,6-7,14H,4-5,8-12H2,(H,21,22). The maximum Gasteiger partial charge on any atom is 0.320 e. The summed E-state index contributed by atoms with van der Waals surface area (Å²) in [6.07, 6.45) is 4.24. The van der Waals surface area contributed by atoms with E-state index in [1.807, 2.05) is 23.1 Å². The lowest BCUT2D eigenvalue weighted by Crippen LogP contribution is -2.44. The molecule has 1 aliphatic heterocycles. The number of piperidine rings is 1. The molecule has 0 amide bonds. The third-order valence-electron chi connectivity index (χ3n) is 4.23. The number of aromatic nitrogens is 2. The Morgan fingerprint density at radius 1 is 1.26 bits per heavy atom. The molecule has 1 aliphatic rings. The van der Waals surface area contributed by atoms with E-state index in [9.17, 15) is 9.90 Å². The first-order valence-corrected chi connectivity index (χ1v) is 8.04. The van der Waals surface area contributed by atoms with E-state index in [1.54, 1.807) is 0 Å². The number of nitrogens with zero attached hydrogens (tertiary/aromatic N) is 3. The molecule has 0 saturated carbocycles. The summed E-state index contributed by atoms with van der Waals surface area (Å²) in [6.45, 7) is 1.17. The van der Waals surface area contributed by atoms with Crippen molar-refractivity contribution >= 4 is 5.97 Å². The van der Waals surface area contributed by atoms with Crippen molar-refractivity contribution in [1.82, 2.24) is 15.0 Å². The number of benzene rings is 1. The van der Waals surface area contributed by atoms with Gasteiger partial charge in [-0.3, -0.25) is 9.69 Å². The molecule has 122 valence electrons. The smallest absolute Gasteiger partial charge is 0.320 e. The third kappa shape index (κ3) is 4.16. The Hall–Kier alpha value is -2.21. The van der Waals surface area contributed by atoms with Gasteiger partial charge in [0.1, 0.15) is 6.04 Å². The number of carbonyl (C=O) groups is 1.